The molecule has 1 aliphatic rings. The van der Waals surface area contributed by atoms with Crippen molar-refractivity contribution >= 4 is 5.69 Å². The lowest BCUT2D eigenvalue weighted by atomic mass is 9.94. The number of anilines is 1. The van der Waals surface area contributed by atoms with Crippen LogP contribution in [0.4, 0.5) is 10.1 Å². The van der Waals surface area contributed by atoms with Gasteiger partial charge in [-0.3, -0.25) is 0 Å². The zero-order chi connectivity index (χ0) is 15.0. The Morgan fingerprint density at radius 1 is 1.24 bits per heavy atom. The molecule has 106 valence electrons. The molecule has 1 unspecified atom stereocenters. The summed E-state index contributed by atoms with van der Waals surface area (Å²) in [6, 6.07) is 14.1. The molecule has 3 rings (SSSR count). The van der Waals surface area contributed by atoms with Crippen LogP contribution in [-0.2, 0) is 0 Å². The quantitative estimate of drug-likeness (QED) is 0.904. The van der Waals surface area contributed by atoms with Crippen LogP contribution in [-0.4, -0.2) is 5.60 Å². The number of nitrogens with zero attached hydrogens (tertiary/aromatic N) is 1. The highest BCUT2D eigenvalue weighted by molar-refractivity contribution is 5.54. The molecule has 0 saturated heterocycles. The Morgan fingerprint density at radius 3 is 2.76 bits per heavy atom. The third-order valence-corrected chi connectivity index (χ3v) is 3.70. The van der Waals surface area contributed by atoms with Gasteiger partial charge in [0.15, 0.2) is 0 Å². The Balaban J connectivity index is 1.96. The summed E-state index contributed by atoms with van der Waals surface area (Å²) in [4.78, 5) is 0. The first-order valence-electron chi connectivity index (χ1n) is 6.75. The number of hydrogen-bond donors (Lipinski definition) is 1. The Kier molecular flexibility index (Phi) is 3.06. The molecule has 0 bridgehead atoms. The zero-order valence-corrected chi connectivity index (χ0v) is 11.9. The minimum Gasteiger partial charge on any atom is -0.485 e. The first-order chi connectivity index (χ1) is 10.0. The van der Waals surface area contributed by atoms with Crippen LogP contribution in [0.15, 0.2) is 42.5 Å². The third-order valence-electron chi connectivity index (χ3n) is 3.70. The van der Waals surface area contributed by atoms with Gasteiger partial charge in [-0.05, 0) is 38.1 Å². The molecule has 3 nitrogen and oxygen atoms in total. The maximum Gasteiger partial charge on any atom is 0.141 e. The molecule has 21 heavy (non-hydrogen) atoms. The van der Waals surface area contributed by atoms with Crippen LogP contribution in [0.3, 0.4) is 0 Å². The van der Waals surface area contributed by atoms with Crippen LogP contribution in [0.2, 0.25) is 0 Å². The Hall–Kier alpha value is -2.54. The second-order valence-corrected chi connectivity index (χ2v) is 5.63. The van der Waals surface area contributed by atoms with Gasteiger partial charge in [0.05, 0.1) is 11.6 Å². The summed E-state index contributed by atoms with van der Waals surface area (Å²) >= 11 is 0. The fourth-order valence-electron chi connectivity index (χ4n) is 2.65. The van der Waals surface area contributed by atoms with Crippen LogP contribution in [0.5, 0.6) is 5.75 Å². The second kappa shape index (κ2) is 4.78. The minimum absolute atomic E-state index is 0.0324. The summed E-state index contributed by atoms with van der Waals surface area (Å²) < 4.78 is 19.4. The molecule has 1 aliphatic heterocycles. The van der Waals surface area contributed by atoms with E-state index in [4.69, 9.17) is 10.00 Å². The van der Waals surface area contributed by atoms with Crippen LogP contribution in [0.1, 0.15) is 31.0 Å². The first-order valence-corrected chi connectivity index (χ1v) is 6.75. The Morgan fingerprint density at radius 2 is 2.00 bits per heavy atom. The van der Waals surface area contributed by atoms with Crippen LogP contribution >= 0.6 is 0 Å². The van der Waals surface area contributed by atoms with Gasteiger partial charge in [0.25, 0.3) is 0 Å². The van der Waals surface area contributed by atoms with Crippen molar-refractivity contribution in [2.24, 2.45) is 0 Å². The zero-order valence-electron chi connectivity index (χ0n) is 11.9. The van der Waals surface area contributed by atoms with Gasteiger partial charge in [-0.2, -0.15) is 5.26 Å². The van der Waals surface area contributed by atoms with E-state index in [-0.39, 0.29) is 11.6 Å². The number of para-hydroxylation sites is 1. The lowest BCUT2D eigenvalue weighted by Crippen LogP contribution is -2.34. The van der Waals surface area contributed by atoms with Crippen molar-refractivity contribution < 1.29 is 9.13 Å². The van der Waals surface area contributed by atoms with E-state index in [9.17, 15) is 4.39 Å². The van der Waals surface area contributed by atoms with E-state index in [0.717, 1.165) is 11.3 Å². The molecule has 1 N–H and O–H groups in total. The number of fused-ring (bicyclic) bond motifs is 1. The minimum atomic E-state index is -0.509. The normalized spacial score (nSPS) is 18.5. The van der Waals surface area contributed by atoms with Gasteiger partial charge in [0.2, 0.25) is 0 Å². The molecule has 4 heteroatoms. The molecule has 0 aliphatic carbocycles. The van der Waals surface area contributed by atoms with E-state index < -0.39 is 11.4 Å². The summed E-state index contributed by atoms with van der Waals surface area (Å²) in [7, 11) is 0. The molecular formula is C17H15FN2O. The SMILES string of the molecule is CC1(C)Oc2ccccc2C1Nc1ccc(F)c(C#N)c1. The van der Waals surface area contributed by atoms with Crippen molar-refractivity contribution in [1.82, 2.24) is 0 Å². The van der Waals surface area contributed by atoms with E-state index >= 15 is 0 Å². The Bertz CT molecular complexity index is 734. The van der Waals surface area contributed by atoms with Crippen molar-refractivity contribution in [2.75, 3.05) is 5.32 Å². The smallest absolute Gasteiger partial charge is 0.141 e. The van der Waals surface area contributed by atoms with Gasteiger partial charge in [-0.15, -0.1) is 0 Å². The molecular weight excluding hydrogens is 267 g/mol. The van der Waals surface area contributed by atoms with E-state index in [1.54, 1.807) is 6.07 Å². The fraction of sp³-hybridized carbons (Fsp3) is 0.235. The maximum absolute atomic E-state index is 13.4. The van der Waals surface area contributed by atoms with E-state index in [1.807, 2.05) is 44.2 Å². The summed E-state index contributed by atoms with van der Waals surface area (Å²) in [6.07, 6.45) is 0. The number of nitrogens with one attached hydrogen (secondary N) is 1. The maximum atomic E-state index is 13.4. The Labute approximate surface area is 123 Å². The summed E-state index contributed by atoms with van der Waals surface area (Å²) in [5, 5.41) is 12.3. The van der Waals surface area contributed by atoms with Gasteiger partial charge in [0, 0.05) is 11.3 Å². The first kappa shape index (κ1) is 13.4. The highest BCUT2D eigenvalue weighted by Gasteiger charge is 2.40. The average Bonchev–Trinajstić information content (AvgIpc) is 2.71. The highest BCUT2D eigenvalue weighted by Crippen LogP contribution is 2.44. The van der Waals surface area contributed by atoms with Gasteiger partial charge >= 0.3 is 0 Å². The predicted octanol–water partition coefficient (Wildman–Crippen LogP) is 4.02. The topological polar surface area (TPSA) is 45.0 Å². The third kappa shape index (κ3) is 2.31. The molecule has 2 aromatic rings. The highest BCUT2D eigenvalue weighted by atomic mass is 19.1. The number of halogens is 1. The number of ether oxygens (including phenoxy) is 1. The lowest BCUT2D eigenvalue weighted by Gasteiger charge is -2.28. The van der Waals surface area contributed by atoms with Crippen LogP contribution in [0.25, 0.3) is 0 Å². The van der Waals surface area contributed by atoms with Gasteiger partial charge in [-0.1, -0.05) is 18.2 Å². The molecule has 1 atom stereocenters. The largest absolute Gasteiger partial charge is 0.485 e. The van der Waals surface area contributed by atoms with Crippen molar-refractivity contribution in [3.05, 3.63) is 59.4 Å². The molecule has 0 fully saturated rings. The molecule has 1 heterocycles. The van der Waals surface area contributed by atoms with Gasteiger partial charge in [-0.25, -0.2) is 4.39 Å². The molecule has 0 radical (unpaired) electrons. The molecule has 0 amide bonds. The van der Waals surface area contributed by atoms with E-state index in [0.29, 0.717) is 5.69 Å². The summed E-state index contributed by atoms with van der Waals surface area (Å²) in [6.45, 7) is 4.00. The average molecular weight is 282 g/mol. The van der Waals surface area contributed by atoms with Crippen molar-refractivity contribution in [3.63, 3.8) is 0 Å². The molecule has 0 spiro atoms. The number of benzene rings is 2. The molecule has 0 aromatic heterocycles. The van der Waals surface area contributed by atoms with Crippen molar-refractivity contribution in [1.29, 1.82) is 5.26 Å². The number of hydrogen-bond acceptors (Lipinski definition) is 3. The number of nitriles is 1. The van der Waals surface area contributed by atoms with E-state index in [2.05, 4.69) is 5.32 Å². The van der Waals surface area contributed by atoms with Crippen molar-refractivity contribution in [3.8, 4) is 11.8 Å². The summed E-state index contributed by atoms with van der Waals surface area (Å²) in [5.74, 6) is 0.341. The van der Waals surface area contributed by atoms with Crippen LogP contribution in [0, 0.1) is 17.1 Å². The molecule has 0 saturated carbocycles. The summed E-state index contributed by atoms with van der Waals surface area (Å²) in [5.41, 5.74) is 1.37. The van der Waals surface area contributed by atoms with E-state index in [1.165, 1.54) is 12.1 Å². The van der Waals surface area contributed by atoms with Gasteiger partial charge in [0.1, 0.15) is 23.2 Å². The van der Waals surface area contributed by atoms with Crippen LogP contribution < -0.4 is 10.1 Å². The van der Waals surface area contributed by atoms with Crippen molar-refractivity contribution in [2.45, 2.75) is 25.5 Å². The predicted molar refractivity (Wildman–Crippen MR) is 78.6 cm³/mol. The standard InChI is InChI=1S/C17H15FN2O/c1-17(2)16(13-5-3-4-6-15(13)21-17)20-12-7-8-14(18)11(9-12)10-19/h3-9,16,20H,1-2H3. The second-order valence-electron chi connectivity index (χ2n) is 5.63. The monoisotopic (exact) mass is 282 g/mol. The van der Waals surface area contributed by atoms with Gasteiger partial charge < -0.3 is 10.1 Å². The molecule has 2 aromatic carbocycles. The lowest BCUT2D eigenvalue weighted by molar-refractivity contribution is 0.118. The fourth-order valence-corrected chi connectivity index (χ4v) is 2.65. The number of rotatable bonds is 2.